The third kappa shape index (κ3) is 3.07. The van der Waals surface area contributed by atoms with Crippen LogP contribution in [0.3, 0.4) is 0 Å². The second kappa shape index (κ2) is 6.58. The van der Waals surface area contributed by atoms with Crippen molar-refractivity contribution in [2.75, 3.05) is 5.32 Å². The van der Waals surface area contributed by atoms with Gasteiger partial charge in [-0.05, 0) is 25.0 Å². The number of hydrogen-bond acceptors (Lipinski definition) is 5. The first-order valence-corrected chi connectivity index (χ1v) is 10.4. The van der Waals surface area contributed by atoms with E-state index in [2.05, 4.69) is 5.32 Å². The Bertz CT molecular complexity index is 1050. The summed E-state index contributed by atoms with van der Waals surface area (Å²) in [5.41, 5.74) is 0.769. The van der Waals surface area contributed by atoms with E-state index >= 15 is 0 Å². The van der Waals surface area contributed by atoms with Crippen LogP contribution >= 0.6 is 0 Å². The molecule has 0 spiro atoms. The van der Waals surface area contributed by atoms with Crippen LogP contribution in [0, 0.1) is 0 Å². The molecule has 2 aromatic carbocycles. The van der Waals surface area contributed by atoms with Gasteiger partial charge in [0, 0.05) is 22.9 Å². The van der Waals surface area contributed by atoms with E-state index in [1.165, 1.54) is 24.6 Å². The van der Waals surface area contributed by atoms with Gasteiger partial charge in [-0.15, -0.1) is 0 Å². The summed E-state index contributed by atoms with van der Waals surface area (Å²) in [6.45, 7) is 0. The van der Waals surface area contributed by atoms with E-state index in [9.17, 15) is 22.6 Å². The van der Waals surface area contributed by atoms with Gasteiger partial charge < -0.3 is 5.32 Å². The molecule has 0 aliphatic heterocycles. The fourth-order valence-corrected chi connectivity index (χ4v) is 4.72. The number of ketones is 2. The molecule has 0 atom stereocenters. The molecule has 2 aliphatic carbocycles. The van der Waals surface area contributed by atoms with Gasteiger partial charge in [0.15, 0.2) is 11.6 Å². The van der Waals surface area contributed by atoms with E-state index < -0.39 is 26.6 Å². The molecule has 7 heteroatoms. The first-order chi connectivity index (χ1) is 12.9. The maximum Gasteiger partial charge on any atom is 0.295 e. The van der Waals surface area contributed by atoms with E-state index in [4.69, 9.17) is 0 Å². The van der Waals surface area contributed by atoms with E-state index in [0.717, 1.165) is 31.7 Å². The Morgan fingerprint density at radius 2 is 1.44 bits per heavy atom. The lowest BCUT2D eigenvalue weighted by molar-refractivity contribution is 0.0977. The first-order valence-electron chi connectivity index (χ1n) is 8.97. The van der Waals surface area contributed by atoms with Gasteiger partial charge in [0.2, 0.25) is 0 Å². The SMILES string of the molecule is O=C1c2cccc(S(=O)(=O)O)c2C(=O)c2cccc(NC3CCCCC3)c21. The van der Waals surface area contributed by atoms with Crippen molar-refractivity contribution in [1.82, 2.24) is 0 Å². The van der Waals surface area contributed by atoms with Gasteiger partial charge in [-0.3, -0.25) is 14.1 Å². The quantitative estimate of drug-likeness (QED) is 0.670. The summed E-state index contributed by atoms with van der Waals surface area (Å²) in [4.78, 5) is 25.6. The molecule has 4 rings (SSSR count). The van der Waals surface area contributed by atoms with Crippen molar-refractivity contribution in [3.05, 3.63) is 58.7 Å². The molecule has 0 amide bonds. The van der Waals surface area contributed by atoms with Gasteiger partial charge in [0.05, 0.1) is 11.1 Å². The van der Waals surface area contributed by atoms with Crippen LogP contribution in [0.4, 0.5) is 5.69 Å². The maximum absolute atomic E-state index is 13.1. The lowest BCUT2D eigenvalue weighted by Gasteiger charge is -2.27. The average Bonchev–Trinajstić information content (AvgIpc) is 2.65. The number of carbonyl (C=O) groups excluding carboxylic acids is 2. The molecule has 1 fully saturated rings. The molecular weight excluding hydrogens is 366 g/mol. The number of hydrogen-bond donors (Lipinski definition) is 2. The van der Waals surface area contributed by atoms with Gasteiger partial charge in [-0.2, -0.15) is 8.42 Å². The number of benzene rings is 2. The Hall–Kier alpha value is -2.51. The number of rotatable bonds is 3. The van der Waals surface area contributed by atoms with Crippen molar-refractivity contribution in [2.45, 2.75) is 43.0 Å². The Morgan fingerprint density at radius 3 is 2.11 bits per heavy atom. The van der Waals surface area contributed by atoms with Gasteiger partial charge in [0.1, 0.15) is 4.90 Å². The van der Waals surface area contributed by atoms with E-state index in [1.54, 1.807) is 12.1 Å². The topological polar surface area (TPSA) is 101 Å². The monoisotopic (exact) mass is 385 g/mol. The smallest absolute Gasteiger partial charge is 0.295 e. The molecule has 140 valence electrons. The molecule has 2 N–H and O–H groups in total. The zero-order valence-corrected chi connectivity index (χ0v) is 15.4. The fourth-order valence-electron chi connectivity index (χ4n) is 4.01. The zero-order chi connectivity index (χ0) is 19.2. The molecule has 0 radical (unpaired) electrons. The molecule has 2 aliphatic rings. The van der Waals surface area contributed by atoms with Crippen LogP contribution < -0.4 is 5.32 Å². The van der Waals surface area contributed by atoms with Crippen LogP contribution in [0.2, 0.25) is 0 Å². The normalized spacial score (nSPS) is 17.4. The Labute approximate surface area is 157 Å². The van der Waals surface area contributed by atoms with Crippen LogP contribution in [0.1, 0.15) is 63.9 Å². The standard InChI is InChI=1S/C20H19NO5S/c22-19-14-9-5-11-16(27(24,25)26)18(14)20(23)13-8-4-10-15(17(13)19)21-12-6-2-1-3-7-12/h4-5,8-12,21H,1-3,6-7H2,(H,24,25,26). The molecule has 0 unspecified atom stereocenters. The number of nitrogens with one attached hydrogen (secondary N) is 1. The van der Waals surface area contributed by atoms with E-state index in [1.807, 2.05) is 0 Å². The minimum absolute atomic E-state index is 0.000481. The van der Waals surface area contributed by atoms with Crippen LogP contribution in [0.5, 0.6) is 0 Å². The average molecular weight is 385 g/mol. The molecular formula is C20H19NO5S. The lowest BCUT2D eigenvalue weighted by atomic mass is 9.83. The summed E-state index contributed by atoms with van der Waals surface area (Å²) >= 11 is 0. The zero-order valence-electron chi connectivity index (χ0n) is 14.6. The number of fused-ring (bicyclic) bond motifs is 2. The molecule has 0 heterocycles. The minimum atomic E-state index is -4.62. The predicted octanol–water partition coefficient (Wildman–Crippen LogP) is 3.45. The third-order valence-electron chi connectivity index (χ3n) is 5.28. The highest BCUT2D eigenvalue weighted by Gasteiger charge is 2.36. The van der Waals surface area contributed by atoms with Crippen molar-refractivity contribution in [3.8, 4) is 0 Å². The highest BCUT2D eigenvalue weighted by Crippen LogP contribution is 2.35. The van der Waals surface area contributed by atoms with Crippen molar-refractivity contribution in [2.24, 2.45) is 0 Å². The van der Waals surface area contributed by atoms with Crippen LogP contribution in [0.15, 0.2) is 41.3 Å². The van der Waals surface area contributed by atoms with E-state index in [-0.39, 0.29) is 28.3 Å². The largest absolute Gasteiger partial charge is 0.382 e. The number of carbonyl (C=O) groups is 2. The fraction of sp³-hybridized carbons (Fsp3) is 0.300. The van der Waals surface area contributed by atoms with Crippen molar-refractivity contribution < 1.29 is 22.6 Å². The van der Waals surface area contributed by atoms with Crippen LogP contribution in [-0.2, 0) is 10.1 Å². The lowest BCUT2D eigenvalue weighted by Crippen LogP contribution is -2.28. The molecule has 0 aromatic heterocycles. The predicted molar refractivity (Wildman–Crippen MR) is 100 cm³/mol. The molecule has 0 saturated heterocycles. The highest BCUT2D eigenvalue weighted by atomic mass is 32.2. The molecule has 2 aromatic rings. The summed E-state index contributed by atoms with van der Waals surface area (Å²) < 4.78 is 32.8. The van der Waals surface area contributed by atoms with Gasteiger partial charge >= 0.3 is 0 Å². The van der Waals surface area contributed by atoms with Gasteiger partial charge in [-0.25, -0.2) is 0 Å². The summed E-state index contributed by atoms with van der Waals surface area (Å²) in [6.07, 6.45) is 5.47. The Morgan fingerprint density at radius 1 is 0.852 bits per heavy atom. The van der Waals surface area contributed by atoms with Gasteiger partial charge in [0.25, 0.3) is 10.1 Å². The number of anilines is 1. The summed E-state index contributed by atoms with van der Waals surface area (Å²) in [5.74, 6) is -0.982. The summed E-state index contributed by atoms with van der Waals surface area (Å²) in [7, 11) is -4.62. The summed E-state index contributed by atoms with van der Waals surface area (Å²) in [6, 6.07) is 9.13. The highest BCUT2D eigenvalue weighted by molar-refractivity contribution is 7.86. The second-order valence-corrected chi connectivity index (χ2v) is 8.41. The van der Waals surface area contributed by atoms with Crippen molar-refractivity contribution in [1.29, 1.82) is 0 Å². The molecule has 0 bridgehead atoms. The third-order valence-corrected chi connectivity index (χ3v) is 6.17. The van der Waals surface area contributed by atoms with Crippen LogP contribution in [0.25, 0.3) is 0 Å². The molecule has 1 saturated carbocycles. The molecule has 27 heavy (non-hydrogen) atoms. The maximum atomic E-state index is 13.1. The Balaban J connectivity index is 1.84. The van der Waals surface area contributed by atoms with Crippen molar-refractivity contribution >= 4 is 27.4 Å². The van der Waals surface area contributed by atoms with Crippen molar-refractivity contribution in [3.63, 3.8) is 0 Å². The Kier molecular flexibility index (Phi) is 4.36. The van der Waals surface area contributed by atoms with E-state index in [0.29, 0.717) is 5.69 Å². The van der Waals surface area contributed by atoms with Gasteiger partial charge in [-0.1, -0.05) is 43.5 Å². The first kappa shape index (κ1) is 17.9. The van der Waals surface area contributed by atoms with Crippen LogP contribution in [-0.4, -0.2) is 30.6 Å². The second-order valence-electron chi connectivity index (χ2n) is 7.02. The molecule has 6 nitrogen and oxygen atoms in total. The minimum Gasteiger partial charge on any atom is -0.382 e. The summed E-state index contributed by atoms with van der Waals surface area (Å²) in [5, 5.41) is 3.39.